The third-order valence-electron chi connectivity index (χ3n) is 6.91. The van der Waals surface area contributed by atoms with Crippen molar-refractivity contribution in [1.82, 2.24) is 19.5 Å². The minimum atomic E-state index is -0.0861. The maximum Gasteiger partial charge on any atom is 0.254 e. The van der Waals surface area contributed by atoms with Crippen LogP contribution in [0.3, 0.4) is 0 Å². The highest BCUT2D eigenvalue weighted by Crippen LogP contribution is 2.33. The van der Waals surface area contributed by atoms with Gasteiger partial charge in [0.15, 0.2) is 5.65 Å². The lowest BCUT2D eigenvalue weighted by Crippen LogP contribution is -2.38. The lowest BCUT2D eigenvalue weighted by molar-refractivity contribution is 0.0605. The molecular weight excluding hydrogens is 402 g/mol. The minimum Gasteiger partial charge on any atom is -0.508 e. The van der Waals surface area contributed by atoms with Crippen LogP contribution in [0.15, 0.2) is 30.5 Å². The molecule has 4 heterocycles. The number of carbonyl (C=O) groups excluding carboxylic acids is 1. The topological polar surface area (TPSA) is 74.0 Å². The molecule has 168 valence electrons. The highest BCUT2D eigenvalue weighted by Gasteiger charge is 2.31. The summed E-state index contributed by atoms with van der Waals surface area (Å²) < 4.78 is 1.85. The fourth-order valence-corrected chi connectivity index (χ4v) is 5.02. The molecule has 2 saturated heterocycles. The Kier molecular flexibility index (Phi) is 5.27. The zero-order chi connectivity index (χ0) is 22.4. The molecule has 5 rings (SSSR count). The zero-order valence-electron chi connectivity index (χ0n) is 19.1. The van der Waals surface area contributed by atoms with Gasteiger partial charge < -0.3 is 14.9 Å². The summed E-state index contributed by atoms with van der Waals surface area (Å²) in [6.07, 6.45) is 6.16. The number of aromatic nitrogens is 3. The number of hydrogen-bond donors (Lipinski definition) is 1. The maximum atomic E-state index is 13.3. The summed E-state index contributed by atoms with van der Waals surface area (Å²) in [5.74, 6) is 1.83. The summed E-state index contributed by atoms with van der Waals surface area (Å²) >= 11 is 0. The predicted octanol–water partition coefficient (Wildman–Crippen LogP) is 4.27. The number of phenolic OH excluding ortho intramolecular Hbond substituents is 1. The number of nitrogens with zero attached hydrogens (tertiary/aromatic N) is 5. The summed E-state index contributed by atoms with van der Waals surface area (Å²) in [6, 6.07) is 7.10. The van der Waals surface area contributed by atoms with Gasteiger partial charge in [-0.1, -0.05) is 13.0 Å². The number of aryl methyl sites for hydroxylation is 2. The smallest absolute Gasteiger partial charge is 0.254 e. The van der Waals surface area contributed by atoms with Crippen LogP contribution < -0.4 is 4.90 Å². The van der Waals surface area contributed by atoms with E-state index in [1.807, 2.05) is 22.4 Å². The number of amides is 1. The second kappa shape index (κ2) is 8.11. The van der Waals surface area contributed by atoms with Gasteiger partial charge in [-0.25, -0.2) is 9.50 Å². The first kappa shape index (κ1) is 20.8. The van der Waals surface area contributed by atoms with Crippen LogP contribution >= 0.6 is 0 Å². The molecule has 2 aliphatic rings. The van der Waals surface area contributed by atoms with E-state index in [9.17, 15) is 9.90 Å². The Bertz CT molecular complexity index is 1170. The molecule has 0 radical (unpaired) electrons. The Morgan fingerprint density at radius 3 is 2.69 bits per heavy atom. The van der Waals surface area contributed by atoms with Crippen LogP contribution in [0.1, 0.15) is 65.8 Å². The van der Waals surface area contributed by atoms with E-state index in [1.165, 1.54) is 6.42 Å². The van der Waals surface area contributed by atoms with Crippen molar-refractivity contribution in [3.63, 3.8) is 0 Å². The molecule has 1 aromatic carbocycles. The van der Waals surface area contributed by atoms with Gasteiger partial charge in [0.2, 0.25) is 0 Å². The van der Waals surface area contributed by atoms with Crippen LogP contribution in [0.4, 0.5) is 5.82 Å². The van der Waals surface area contributed by atoms with Gasteiger partial charge in [-0.15, -0.1) is 0 Å². The summed E-state index contributed by atoms with van der Waals surface area (Å²) in [7, 11) is 0. The van der Waals surface area contributed by atoms with Gasteiger partial charge in [0.1, 0.15) is 11.6 Å². The summed E-state index contributed by atoms with van der Waals surface area (Å²) in [6.45, 7) is 8.98. The van der Waals surface area contributed by atoms with E-state index >= 15 is 0 Å². The van der Waals surface area contributed by atoms with Gasteiger partial charge in [-0.2, -0.15) is 5.10 Å². The van der Waals surface area contributed by atoms with Gasteiger partial charge in [0.05, 0.1) is 11.7 Å². The molecule has 0 aliphatic carbocycles. The standard InChI is InChI=1S/C25H31N5O2/c1-16-9-11-28(14-16)24-18(3)15-30-23(26-24)13-20(27-30)21-6-4-5-10-29(21)25(32)19-8-7-17(2)22(31)12-19/h7-8,12-13,15-16,21,31H,4-6,9-11,14H2,1-3H3/t16-,21-/m0/s1. The molecule has 2 fully saturated rings. The summed E-state index contributed by atoms with van der Waals surface area (Å²) in [5.41, 5.74) is 4.11. The van der Waals surface area contributed by atoms with E-state index in [0.717, 1.165) is 60.6 Å². The highest BCUT2D eigenvalue weighted by atomic mass is 16.3. The largest absolute Gasteiger partial charge is 0.508 e. The fourth-order valence-electron chi connectivity index (χ4n) is 5.02. The first-order valence-electron chi connectivity index (χ1n) is 11.6. The van der Waals surface area contributed by atoms with E-state index in [4.69, 9.17) is 10.1 Å². The average Bonchev–Trinajstić information content (AvgIpc) is 3.40. The Balaban J connectivity index is 1.47. The van der Waals surface area contributed by atoms with E-state index in [2.05, 4.69) is 24.9 Å². The van der Waals surface area contributed by atoms with Crippen LogP contribution in [-0.2, 0) is 0 Å². The maximum absolute atomic E-state index is 13.3. The van der Waals surface area contributed by atoms with E-state index < -0.39 is 0 Å². The summed E-state index contributed by atoms with van der Waals surface area (Å²) in [5, 5.41) is 14.9. The molecule has 3 aromatic rings. The van der Waals surface area contributed by atoms with Crippen LogP contribution in [-0.4, -0.2) is 50.1 Å². The Hall–Kier alpha value is -3.09. The quantitative estimate of drug-likeness (QED) is 0.668. The number of likely N-dealkylation sites (tertiary alicyclic amines) is 1. The Labute approximate surface area is 188 Å². The second-order valence-electron chi connectivity index (χ2n) is 9.47. The molecule has 32 heavy (non-hydrogen) atoms. The van der Waals surface area contributed by atoms with Crippen molar-refractivity contribution in [1.29, 1.82) is 0 Å². The number of hydrogen-bond acceptors (Lipinski definition) is 5. The van der Waals surface area contributed by atoms with Crippen molar-refractivity contribution in [2.45, 2.75) is 52.5 Å². The molecule has 2 atom stereocenters. The van der Waals surface area contributed by atoms with Gasteiger partial charge >= 0.3 is 0 Å². The van der Waals surface area contributed by atoms with Crippen molar-refractivity contribution in [3.05, 3.63) is 52.8 Å². The van der Waals surface area contributed by atoms with Crippen molar-refractivity contribution < 1.29 is 9.90 Å². The highest BCUT2D eigenvalue weighted by molar-refractivity contribution is 5.95. The molecule has 0 spiro atoms. The molecule has 1 N–H and O–H groups in total. The number of rotatable bonds is 3. The lowest BCUT2D eigenvalue weighted by atomic mass is 9.98. The molecule has 7 nitrogen and oxygen atoms in total. The summed E-state index contributed by atoms with van der Waals surface area (Å²) in [4.78, 5) is 22.6. The Morgan fingerprint density at radius 1 is 1.09 bits per heavy atom. The van der Waals surface area contributed by atoms with E-state index in [1.54, 1.807) is 18.2 Å². The monoisotopic (exact) mass is 433 g/mol. The van der Waals surface area contributed by atoms with Crippen LogP contribution in [0.25, 0.3) is 5.65 Å². The molecule has 0 saturated carbocycles. The number of piperidine rings is 1. The van der Waals surface area contributed by atoms with Gasteiger partial charge in [-0.05, 0) is 63.1 Å². The Morgan fingerprint density at radius 2 is 1.94 bits per heavy atom. The number of benzene rings is 1. The van der Waals surface area contributed by atoms with Gasteiger partial charge in [0.25, 0.3) is 5.91 Å². The average molecular weight is 434 g/mol. The molecule has 7 heteroatoms. The number of aromatic hydroxyl groups is 1. The first-order chi connectivity index (χ1) is 15.4. The fraction of sp³-hybridized carbons (Fsp3) is 0.480. The molecule has 1 amide bonds. The van der Waals surface area contributed by atoms with Gasteiger partial charge in [0, 0.05) is 43.0 Å². The third-order valence-corrected chi connectivity index (χ3v) is 6.91. The SMILES string of the molecule is Cc1ccc(C(=O)N2CCCC[C@H]2c2cc3nc(N4CC[C@H](C)C4)c(C)cn3n2)cc1O. The van der Waals surface area contributed by atoms with Crippen molar-refractivity contribution >= 4 is 17.4 Å². The van der Waals surface area contributed by atoms with Crippen LogP contribution in [0, 0.1) is 19.8 Å². The second-order valence-corrected chi connectivity index (χ2v) is 9.47. The van der Waals surface area contributed by atoms with E-state index in [-0.39, 0.29) is 17.7 Å². The molecule has 2 aromatic heterocycles. The van der Waals surface area contributed by atoms with E-state index in [0.29, 0.717) is 18.0 Å². The number of fused-ring (bicyclic) bond motifs is 1. The minimum absolute atomic E-state index is 0.0575. The number of phenols is 1. The lowest BCUT2D eigenvalue weighted by Gasteiger charge is -2.34. The number of carbonyl (C=O) groups is 1. The van der Waals surface area contributed by atoms with Crippen molar-refractivity contribution in [2.24, 2.45) is 5.92 Å². The van der Waals surface area contributed by atoms with Gasteiger partial charge in [-0.3, -0.25) is 4.79 Å². The zero-order valence-corrected chi connectivity index (χ0v) is 19.1. The molecule has 2 aliphatic heterocycles. The molecule has 0 bridgehead atoms. The van der Waals surface area contributed by atoms with Crippen molar-refractivity contribution in [3.8, 4) is 5.75 Å². The normalized spacial score (nSPS) is 21.5. The van der Waals surface area contributed by atoms with Crippen LogP contribution in [0.5, 0.6) is 5.75 Å². The first-order valence-corrected chi connectivity index (χ1v) is 11.6. The van der Waals surface area contributed by atoms with Crippen molar-refractivity contribution in [2.75, 3.05) is 24.5 Å². The third kappa shape index (κ3) is 3.70. The number of anilines is 1. The predicted molar refractivity (Wildman–Crippen MR) is 124 cm³/mol. The molecule has 0 unspecified atom stereocenters. The van der Waals surface area contributed by atoms with Crippen LogP contribution in [0.2, 0.25) is 0 Å². The molecular formula is C25H31N5O2.